The van der Waals surface area contributed by atoms with Crippen LogP contribution in [0.4, 0.5) is 0 Å². The van der Waals surface area contributed by atoms with Gasteiger partial charge in [0, 0.05) is 11.9 Å². The topological polar surface area (TPSA) is 124 Å². The van der Waals surface area contributed by atoms with Crippen LogP contribution >= 0.6 is 0 Å². The van der Waals surface area contributed by atoms with Crippen LogP contribution in [-0.2, 0) is 31.4 Å². The van der Waals surface area contributed by atoms with Crippen molar-refractivity contribution in [2.24, 2.45) is 0 Å². The van der Waals surface area contributed by atoms with Crippen molar-refractivity contribution in [3.05, 3.63) is 59.7 Å². The first kappa shape index (κ1) is 51.4. The SMILES string of the molecule is CCCCCCCCC=CCCCCCCCC(=O)[O-].CCCCCCCCC=CCCCCCCCC(=O)[O-].O=C1OC(=O)c2ccccc21.[Cu+2]. The Bertz CT molecular complexity index is 999. The van der Waals surface area contributed by atoms with E-state index in [1.165, 1.54) is 128 Å². The van der Waals surface area contributed by atoms with Crippen molar-refractivity contribution in [2.75, 3.05) is 0 Å². The number of allylic oxidation sites excluding steroid dienone is 4. The van der Waals surface area contributed by atoms with E-state index in [1.54, 1.807) is 24.3 Å². The molecule has 0 aliphatic carbocycles. The second kappa shape index (κ2) is 39.5. The fourth-order valence-corrected chi connectivity index (χ4v) is 5.71. The maximum absolute atomic E-state index is 10.8. The van der Waals surface area contributed by atoms with Crippen LogP contribution in [0.3, 0.4) is 0 Å². The number of ether oxygens (including phenoxy) is 1. The number of carbonyl (C=O) groups excluding carboxylic acids is 4. The number of carboxylic acid groups (broad SMARTS) is 2. The van der Waals surface area contributed by atoms with Crippen molar-refractivity contribution < 1.29 is 51.2 Å². The minimum absolute atomic E-state index is 0. The van der Waals surface area contributed by atoms with E-state index in [4.69, 9.17) is 0 Å². The van der Waals surface area contributed by atoms with E-state index < -0.39 is 23.9 Å². The first-order chi connectivity index (χ1) is 24.8. The summed E-state index contributed by atoms with van der Waals surface area (Å²) in [7, 11) is 0. The Morgan fingerprint density at radius 3 is 1.04 bits per heavy atom. The van der Waals surface area contributed by atoms with Gasteiger partial charge < -0.3 is 24.5 Å². The molecule has 0 N–H and O–H groups in total. The number of fused-ring (bicyclic) bond motifs is 1. The average Bonchev–Trinajstić information content (AvgIpc) is 3.41. The molecule has 1 aromatic rings. The molecule has 0 saturated carbocycles. The molecule has 8 heteroatoms. The number of benzene rings is 1. The summed E-state index contributed by atoms with van der Waals surface area (Å²) >= 11 is 0. The van der Waals surface area contributed by atoms with E-state index in [-0.39, 0.29) is 29.9 Å². The molecule has 0 amide bonds. The number of unbranched alkanes of at least 4 members (excludes halogenated alkanes) is 22. The third-order valence-corrected chi connectivity index (χ3v) is 8.84. The third-order valence-electron chi connectivity index (χ3n) is 8.84. The molecule has 299 valence electrons. The fraction of sp³-hybridized carbons (Fsp3) is 0.682. The standard InChI is InChI=1S/2C18H34O2.C8H4O3.Cu/c2*1-2-3-4-5-6-7-8-9-10-11-12-13-14-15-16-17-18(19)20;9-7-5-3-1-2-4-6(5)8(10)11-7;/h2*9-10H,2-8,11-17H2,1H3,(H,19,20);1-4H;/q;;;+2/p-2. The summed E-state index contributed by atoms with van der Waals surface area (Å²) < 4.78 is 4.35. The Morgan fingerprint density at radius 1 is 0.481 bits per heavy atom. The van der Waals surface area contributed by atoms with E-state index >= 15 is 0 Å². The Kier molecular flexibility index (Phi) is 39.1. The van der Waals surface area contributed by atoms with E-state index in [0.29, 0.717) is 11.1 Å². The minimum atomic E-state index is -0.914. The number of cyclic esters (lactones) is 2. The van der Waals surface area contributed by atoms with Crippen LogP contribution in [0, 0.1) is 0 Å². The van der Waals surface area contributed by atoms with E-state index in [2.05, 4.69) is 42.9 Å². The zero-order valence-corrected chi connectivity index (χ0v) is 33.5. The van der Waals surface area contributed by atoms with Crippen LogP contribution in [0.25, 0.3) is 0 Å². The van der Waals surface area contributed by atoms with Crippen molar-refractivity contribution in [1.29, 1.82) is 0 Å². The summed E-state index contributed by atoms with van der Waals surface area (Å²) in [6.45, 7) is 4.51. The van der Waals surface area contributed by atoms with Gasteiger partial charge in [-0.2, -0.15) is 0 Å². The molecule has 0 unspecified atom stereocenters. The van der Waals surface area contributed by atoms with Gasteiger partial charge in [0.15, 0.2) is 0 Å². The smallest absolute Gasteiger partial charge is 0.550 e. The quantitative estimate of drug-likeness (QED) is 0.0251. The Morgan fingerprint density at radius 2 is 0.750 bits per heavy atom. The van der Waals surface area contributed by atoms with Crippen LogP contribution in [-0.4, -0.2) is 23.9 Å². The summed E-state index contributed by atoms with van der Waals surface area (Å²) in [6.07, 6.45) is 41.8. The molecule has 0 fully saturated rings. The molecule has 1 aromatic carbocycles. The van der Waals surface area contributed by atoms with E-state index in [1.807, 2.05) is 0 Å². The Hall–Kier alpha value is -2.70. The van der Waals surface area contributed by atoms with Gasteiger partial charge in [-0.05, 0) is 89.2 Å². The molecule has 0 spiro atoms. The predicted molar refractivity (Wildman–Crippen MR) is 205 cm³/mol. The van der Waals surface area contributed by atoms with Crippen LogP contribution in [0.5, 0.6) is 0 Å². The van der Waals surface area contributed by atoms with Crippen LogP contribution in [0.1, 0.15) is 214 Å². The third kappa shape index (κ3) is 34.4. The zero-order valence-electron chi connectivity index (χ0n) is 32.6. The predicted octanol–water partition coefficient (Wildman–Crippen LogP) is 10.5. The number of rotatable bonds is 30. The summed E-state index contributed by atoms with van der Waals surface area (Å²) in [6, 6.07) is 6.53. The first-order valence-corrected chi connectivity index (χ1v) is 20.4. The largest absolute Gasteiger partial charge is 2.00 e. The van der Waals surface area contributed by atoms with Gasteiger partial charge in [0.05, 0.1) is 11.1 Å². The molecule has 0 aromatic heterocycles. The van der Waals surface area contributed by atoms with Gasteiger partial charge in [0.2, 0.25) is 0 Å². The van der Waals surface area contributed by atoms with Crippen molar-refractivity contribution in [3.63, 3.8) is 0 Å². The van der Waals surface area contributed by atoms with Crippen molar-refractivity contribution in [2.45, 2.75) is 194 Å². The maximum Gasteiger partial charge on any atom is 2.00 e. The average molecular weight is 775 g/mol. The number of hydrogen-bond acceptors (Lipinski definition) is 7. The van der Waals surface area contributed by atoms with Gasteiger partial charge in [0.1, 0.15) is 0 Å². The second-order valence-corrected chi connectivity index (χ2v) is 13.6. The van der Waals surface area contributed by atoms with E-state index in [9.17, 15) is 29.4 Å². The molecule has 7 nitrogen and oxygen atoms in total. The molecule has 1 aliphatic heterocycles. The molecule has 2 rings (SSSR count). The van der Waals surface area contributed by atoms with Gasteiger partial charge in [-0.25, -0.2) is 9.59 Å². The monoisotopic (exact) mass is 773 g/mol. The molecular formula is C44H70CuO7. The number of esters is 2. The zero-order chi connectivity index (χ0) is 37.6. The normalized spacial score (nSPS) is 11.7. The molecule has 0 bridgehead atoms. The van der Waals surface area contributed by atoms with Crippen LogP contribution in [0.2, 0.25) is 0 Å². The Labute approximate surface area is 327 Å². The number of carbonyl (C=O) groups is 4. The number of carboxylic acids is 2. The minimum Gasteiger partial charge on any atom is -0.550 e. The van der Waals surface area contributed by atoms with Gasteiger partial charge in [0.25, 0.3) is 0 Å². The van der Waals surface area contributed by atoms with Crippen molar-refractivity contribution >= 4 is 23.9 Å². The summed E-state index contributed by atoms with van der Waals surface area (Å²) in [4.78, 5) is 42.1. The van der Waals surface area contributed by atoms with E-state index in [0.717, 1.165) is 38.5 Å². The van der Waals surface area contributed by atoms with Gasteiger partial charge >= 0.3 is 29.0 Å². The second-order valence-electron chi connectivity index (χ2n) is 13.6. The molecular weight excluding hydrogens is 704 g/mol. The van der Waals surface area contributed by atoms with Gasteiger partial charge in [-0.3, -0.25) is 0 Å². The first-order valence-electron chi connectivity index (χ1n) is 20.4. The number of hydrogen-bond donors (Lipinski definition) is 0. The summed E-state index contributed by atoms with van der Waals surface area (Å²) in [5.74, 6) is -2.93. The molecule has 1 heterocycles. The molecule has 1 aliphatic rings. The van der Waals surface area contributed by atoms with Crippen LogP contribution < -0.4 is 10.2 Å². The van der Waals surface area contributed by atoms with Crippen molar-refractivity contribution in [1.82, 2.24) is 0 Å². The maximum atomic E-state index is 10.8. The van der Waals surface area contributed by atoms with Crippen LogP contribution in [0.15, 0.2) is 48.6 Å². The van der Waals surface area contributed by atoms with Crippen molar-refractivity contribution in [3.8, 4) is 0 Å². The van der Waals surface area contributed by atoms with Gasteiger partial charge in [-0.1, -0.05) is 153 Å². The molecule has 1 radical (unpaired) electrons. The molecule has 0 saturated heterocycles. The number of aliphatic carboxylic acids is 2. The fourth-order valence-electron chi connectivity index (χ4n) is 5.71. The summed E-state index contributed by atoms with van der Waals surface area (Å²) in [5.41, 5.74) is 0.718. The summed E-state index contributed by atoms with van der Waals surface area (Å²) in [5, 5.41) is 20.4. The molecule has 0 atom stereocenters. The van der Waals surface area contributed by atoms with Gasteiger partial charge in [-0.15, -0.1) is 0 Å². The molecule has 52 heavy (non-hydrogen) atoms. The Balaban J connectivity index is 0.